The second-order valence-electron chi connectivity index (χ2n) is 3.95. The van der Waals surface area contributed by atoms with Gasteiger partial charge in [-0.25, -0.2) is 4.79 Å². The first-order chi connectivity index (χ1) is 8.95. The van der Waals surface area contributed by atoms with Crippen molar-refractivity contribution >= 4 is 17.6 Å². The summed E-state index contributed by atoms with van der Waals surface area (Å²) in [5, 5.41) is 28.6. The number of carbonyl (C=O) groups is 1. The Morgan fingerprint density at radius 1 is 1.42 bits per heavy atom. The van der Waals surface area contributed by atoms with E-state index in [2.05, 4.69) is 0 Å². The van der Waals surface area contributed by atoms with Crippen molar-refractivity contribution in [2.24, 2.45) is 5.73 Å². The van der Waals surface area contributed by atoms with Crippen molar-refractivity contribution in [1.29, 1.82) is 0 Å². The van der Waals surface area contributed by atoms with Crippen LogP contribution in [0.5, 0.6) is 5.75 Å². The van der Waals surface area contributed by atoms with Gasteiger partial charge in [-0.3, -0.25) is 0 Å². The molecule has 0 saturated heterocycles. The molecule has 7 heteroatoms. The summed E-state index contributed by atoms with van der Waals surface area (Å²) in [6.07, 6.45) is -2.06. The molecular weight excluding hydrogens is 274 g/mol. The molecule has 0 amide bonds. The average Bonchev–Trinajstić information content (AvgIpc) is 2.36. The van der Waals surface area contributed by atoms with Crippen molar-refractivity contribution < 1.29 is 24.9 Å². The van der Waals surface area contributed by atoms with Crippen molar-refractivity contribution in [2.45, 2.75) is 18.6 Å². The first-order valence-electron chi connectivity index (χ1n) is 5.66. The first-order valence-corrected chi connectivity index (χ1v) is 6.03. The highest BCUT2D eigenvalue weighted by Gasteiger charge is 2.22. The largest absolute Gasteiger partial charge is 0.481 e. The minimum Gasteiger partial charge on any atom is -0.481 e. The molecule has 0 aliphatic carbocycles. The average molecular weight is 290 g/mol. The summed E-state index contributed by atoms with van der Waals surface area (Å²) in [5.41, 5.74) is 5.57. The molecule has 1 rings (SSSR count). The van der Waals surface area contributed by atoms with Crippen molar-refractivity contribution in [3.05, 3.63) is 28.8 Å². The molecule has 19 heavy (non-hydrogen) atoms. The Labute approximate surface area is 115 Å². The Morgan fingerprint density at radius 3 is 2.68 bits per heavy atom. The topological polar surface area (TPSA) is 113 Å². The van der Waals surface area contributed by atoms with Gasteiger partial charge in [-0.2, -0.15) is 0 Å². The molecule has 0 bridgehead atoms. The molecule has 0 saturated carbocycles. The highest BCUT2D eigenvalue weighted by molar-refractivity contribution is 6.30. The lowest BCUT2D eigenvalue weighted by Gasteiger charge is -2.20. The molecule has 0 heterocycles. The van der Waals surface area contributed by atoms with Gasteiger partial charge in [-0.05, 0) is 25.1 Å². The monoisotopic (exact) mass is 289 g/mol. The fourth-order valence-corrected chi connectivity index (χ4v) is 1.72. The second kappa shape index (κ2) is 7.30. The van der Waals surface area contributed by atoms with Gasteiger partial charge in [0.25, 0.3) is 0 Å². The summed E-state index contributed by atoms with van der Waals surface area (Å²) in [4.78, 5) is 10.5. The number of hydrogen-bond donors (Lipinski definition) is 4. The normalized spacial score (nSPS) is 13.9. The third-order valence-electron chi connectivity index (χ3n) is 2.47. The lowest BCUT2D eigenvalue weighted by molar-refractivity contribution is -0.139. The SMILES string of the molecule is NCCC(O)C(O)c1ccc(Cl)cc1OCC(=O)O. The van der Waals surface area contributed by atoms with Crippen LogP contribution in [0.4, 0.5) is 0 Å². The van der Waals surface area contributed by atoms with Crippen LogP contribution in [0.2, 0.25) is 5.02 Å². The summed E-state index contributed by atoms with van der Waals surface area (Å²) < 4.78 is 5.04. The summed E-state index contributed by atoms with van der Waals surface area (Å²) in [5.74, 6) is -1.03. The number of benzene rings is 1. The number of halogens is 1. The number of aliphatic hydroxyl groups is 2. The molecule has 2 unspecified atom stereocenters. The van der Waals surface area contributed by atoms with Gasteiger partial charge in [-0.15, -0.1) is 0 Å². The van der Waals surface area contributed by atoms with E-state index in [1.807, 2.05) is 0 Å². The molecule has 0 fully saturated rings. The van der Waals surface area contributed by atoms with Crippen LogP contribution in [0.25, 0.3) is 0 Å². The summed E-state index contributed by atoms with van der Waals surface area (Å²) >= 11 is 5.79. The van der Waals surface area contributed by atoms with Crippen molar-refractivity contribution in [3.63, 3.8) is 0 Å². The van der Waals surface area contributed by atoms with Gasteiger partial charge in [0, 0.05) is 10.6 Å². The molecule has 2 atom stereocenters. The number of aliphatic carboxylic acids is 1. The Hall–Kier alpha value is -1.34. The molecule has 0 spiro atoms. The maximum Gasteiger partial charge on any atom is 0.341 e. The van der Waals surface area contributed by atoms with Gasteiger partial charge in [0.15, 0.2) is 6.61 Å². The lowest BCUT2D eigenvalue weighted by atomic mass is 10.0. The standard InChI is InChI=1S/C12H16ClNO5/c13-7-1-2-8(12(18)9(15)3-4-14)10(5-7)19-6-11(16)17/h1-2,5,9,12,15,18H,3-4,6,14H2,(H,16,17). The maximum absolute atomic E-state index is 10.5. The van der Waals surface area contributed by atoms with Crippen LogP contribution in [0.1, 0.15) is 18.1 Å². The van der Waals surface area contributed by atoms with Crippen LogP contribution in [0.15, 0.2) is 18.2 Å². The Kier molecular flexibility index (Phi) is 6.04. The number of carboxylic acids is 1. The maximum atomic E-state index is 10.5. The molecule has 106 valence electrons. The molecule has 0 aliphatic rings. The van der Waals surface area contributed by atoms with E-state index >= 15 is 0 Å². The third kappa shape index (κ3) is 4.68. The summed E-state index contributed by atoms with van der Waals surface area (Å²) in [7, 11) is 0. The number of nitrogens with two attached hydrogens (primary N) is 1. The molecule has 0 aromatic heterocycles. The quantitative estimate of drug-likeness (QED) is 0.583. The van der Waals surface area contributed by atoms with E-state index in [4.69, 9.17) is 27.2 Å². The molecule has 0 aliphatic heterocycles. The number of hydrogen-bond acceptors (Lipinski definition) is 5. The van der Waals surface area contributed by atoms with Crippen LogP contribution in [0, 0.1) is 0 Å². The second-order valence-corrected chi connectivity index (χ2v) is 4.39. The number of rotatable bonds is 7. The minimum absolute atomic E-state index is 0.124. The summed E-state index contributed by atoms with van der Waals surface area (Å²) in [6.45, 7) is -0.343. The van der Waals surface area contributed by atoms with E-state index in [0.717, 1.165) is 0 Å². The predicted octanol–water partition coefficient (Wildman–Crippen LogP) is 0.546. The molecule has 0 radical (unpaired) electrons. The fourth-order valence-electron chi connectivity index (χ4n) is 1.55. The molecule has 1 aromatic carbocycles. The van der Waals surface area contributed by atoms with Crippen LogP contribution < -0.4 is 10.5 Å². The Balaban J connectivity index is 2.94. The Morgan fingerprint density at radius 2 is 2.11 bits per heavy atom. The number of ether oxygens (including phenoxy) is 1. The summed E-state index contributed by atoms with van der Waals surface area (Å²) in [6, 6.07) is 4.38. The third-order valence-corrected chi connectivity index (χ3v) is 2.71. The van der Waals surface area contributed by atoms with Crippen molar-refractivity contribution in [3.8, 4) is 5.75 Å². The lowest BCUT2D eigenvalue weighted by Crippen LogP contribution is -2.22. The van der Waals surface area contributed by atoms with Crippen LogP contribution >= 0.6 is 11.6 Å². The van der Waals surface area contributed by atoms with Crippen LogP contribution in [0.3, 0.4) is 0 Å². The zero-order valence-corrected chi connectivity index (χ0v) is 10.9. The first kappa shape index (κ1) is 15.7. The van der Waals surface area contributed by atoms with Gasteiger partial charge >= 0.3 is 5.97 Å². The predicted molar refractivity (Wildman–Crippen MR) is 69.2 cm³/mol. The van der Waals surface area contributed by atoms with E-state index < -0.39 is 24.8 Å². The van der Waals surface area contributed by atoms with Gasteiger partial charge in [0.05, 0.1) is 6.10 Å². The zero-order chi connectivity index (χ0) is 14.4. The zero-order valence-electron chi connectivity index (χ0n) is 10.1. The van der Waals surface area contributed by atoms with Gasteiger partial charge < -0.3 is 25.8 Å². The molecular formula is C12H16ClNO5. The van der Waals surface area contributed by atoms with Crippen LogP contribution in [-0.2, 0) is 4.79 Å². The minimum atomic E-state index is -1.22. The van der Waals surface area contributed by atoms with E-state index in [1.165, 1.54) is 18.2 Å². The molecule has 5 N–H and O–H groups in total. The molecule has 1 aromatic rings. The van der Waals surface area contributed by atoms with Gasteiger partial charge in [0.2, 0.25) is 0 Å². The Bertz CT molecular complexity index is 440. The van der Waals surface area contributed by atoms with Crippen molar-refractivity contribution in [2.75, 3.05) is 13.2 Å². The van der Waals surface area contributed by atoms with E-state index in [9.17, 15) is 15.0 Å². The van der Waals surface area contributed by atoms with E-state index in [0.29, 0.717) is 5.02 Å². The number of aliphatic hydroxyl groups excluding tert-OH is 2. The highest BCUT2D eigenvalue weighted by Crippen LogP contribution is 2.31. The fraction of sp³-hybridized carbons (Fsp3) is 0.417. The molecule has 6 nitrogen and oxygen atoms in total. The highest BCUT2D eigenvalue weighted by atomic mass is 35.5. The van der Waals surface area contributed by atoms with Crippen LogP contribution in [-0.4, -0.2) is 40.5 Å². The van der Waals surface area contributed by atoms with Gasteiger partial charge in [0.1, 0.15) is 11.9 Å². The van der Waals surface area contributed by atoms with E-state index in [1.54, 1.807) is 0 Å². The number of carboxylic acid groups (broad SMARTS) is 1. The van der Waals surface area contributed by atoms with E-state index in [-0.39, 0.29) is 24.3 Å². The van der Waals surface area contributed by atoms with Crippen molar-refractivity contribution in [1.82, 2.24) is 0 Å². The van der Waals surface area contributed by atoms with Gasteiger partial charge in [-0.1, -0.05) is 17.7 Å². The smallest absolute Gasteiger partial charge is 0.341 e.